The highest BCUT2D eigenvalue weighted by Gasteiger charge is 2.27. The summed E-state index contributed by atoms with van der Waals surface area (Å²) in [5.74, 6) is 0.705. The lowest BCUT2D eigenvalue weighted by Crippen LogP contribution is -2.27. The van der Waals surface area contributed by atoms with Gasteiger partial charge in [0.2, 0.25) is 0 Å². The molecular formula is C13H19ClN2. The fourth-order valence-corrected chi connectivity index (χ4v) is 2.76. The van der Waals surface area contributed by atoms with Crippen LogP contribution in [0.3, 0.4) is 0 Å². The number of halogens is 1. The molecule has 0 saturated carbocycles. The van der Waals surface area contributed by atoms with Crippen LogP contribution in [-0.2, 0) is 0 Å². The third kappa shape index (κ3) is 2.55. The van der Waals surface area contributed by atoms with Crippen LogP contribution in [-0.4, -0.2) is 23.0 Å². The standard InChI is InChI=1S/C13H19ClN2/c1-10(2)9-16-8-4-6-12(16)11-5-3-7-15-13(11)14/h3,5,7,10,12H,4,6,8-9H2,1-2H3/t12-/m1/s1. The Bertz CT molecular complexity index is 352. The van der Waals surface area contributed by atoms with Gasteiger partial charge >= 0.3 is 0 Å². The van der Waals surface area contributed by atoms with E-state index in [0.29, 0.717) is 17.1 Å². The Balaban J connectivity index is 2.17. The minimum atomic E-state index is 0.476. The van der Waals surface area contributed by atoms with Crippen molar-refractivity contribution in [1.29, 1.82) is 0 Å². The summed E-state index contributed by atoms with van der Waals surface area (Å²) in [5, 5.41) is 0.670. The fraction of sp³-hybridized carbons (Fsp3) is 0.615. The Morgan fingerprint density at radius 2 is 2.38 bits per heavy atom. The molecular weight excluding hydrogens is 220 g/mol. The first kappa shape index (κ1) is 11.9. The van der Waals surface area contributed by atoms with Gasteiger partial charge in [0.15, 0.2) is 0 Å². The van der Waals surface area contributed by atoms with Gasteiger partial charge < -0.3 is 0 Å². The Labute approximate surface area is 103 Å². The molecule has 1 saturated heterocycles. The normalized spacial score (nSPS) is 21.9. The average molecular weight is 239 g/mol. The van der Waals surface area contributed by atoms with Crippen molar-refractivity contribution in [1.82, 2.24) is 9.88 Å². The first-order valence-electron chi connectivity index (χ1n) is 6.03. The molecule has 0 aromatic carbocycles. The summed E-state index contributed by atoms with van der Waals surface area (Å²) in [6.45, 7) is 6.87. The molecule has 1 atom stereocenters. The molecule has 2 rings (SSSR count). The number of hydrogen-bond donors (Lipinski definition) is 0. The molecule has 1 aliphatic rings. The second kappa shape index (κ2) is 5.15. The summed E-state index contributed by atoms with van der Waals surface area (Å²) in [4.78, 5) is 6.71. The molecule has 0 aliphatic carbocycles. The lowest BCUT2D eigenvalue weighted by atomic mass is 10.1. The first-order valence-corrected chi connectivity index (χ1v) is 6.40. The van der Waals surface area contributed by atoms with E-state index in [-0.39, 0.29) is 0 Å². The Hall–Kier alpha value is -0.600. The van der Waals surface area contributed by atoms with Crippen LogP contribution in [0.2, 0.25) is 5.15 Å². The number of aromatic nitrogens is 1. The lowest BCUT2D eigenvalue weighted by molar-refractivity contribution is 0.228. The SMILES string of the molecule is CC(C)CN1CCC[C@@H]1c1cccnc1Cl. The van der Waals surface area contributed by atoms with Crippen molar-refractivity contribution in [2.45, 2.75) is 32.7 Å². The van der Waals surface area contributed by atoms with Crippen LogP contribution >= 0.6 is 11.6 Å². The third-order valence-electron chi connectivity index (χ3n) is 3.11. The van der Waals surface area contributed by atoms with Crippen molar-refractivity contribution in [3.63, 3.8) is 0 Å². The van der Waals surface area contributed by atoms with Gasteiger partial charge in [0, 0.05) is 24.3 Å². The van der Waals surface area contributed by atoms with Crippen LogP contribution in [0, 0.1) is 5.92 Å². The van der Waals surface area contributed by atoms with E-state index in [1.807, 2.05) is 6.07 Å². The molecule has 2 nitrogen and oxygen atoms in total. The maximum Gasteiger partial charge on any atom is 0.133 e. The molecule has 0 unspecified atom stereocenters. The zero-order chi connectivity index (χ0) is 11.5. The maximum atomic E-state index is 6.17. The van der Waals surface area contributed by atoms with Crippen molar-refractivity contribution >= 4 is 11.6 Å². The van der Waals surface area contributed by atoms with E-state index in [2.05, 4.69) is 29.8 Å². The van der Waals surface area contributed by atoms with Crippen molar-refractivity contribution in [3.05, 3.63) is 29.0 Å². The lowest BCUT2D eigenvalue weighted by Gasteiger charge is -2.26. The van der Waals surface area contributed by atoms with Crippen molar-refractivity contribution in [2.75, 3.05) is 13.1 Å². The monoisotopic (exact) mass is 238 g/mol. The number of pyridine rings is 1. The number of nitrogens with zero attached hydrogens (tertiary/aromatic N) is 2. The minimum absolute atomic E-state index is 0.476. The Morgan fingerprint density at radius 1 is 1.56 bits per heavy atom. The van der Waals surface area contributed by atoms with E-state index < -0.39 is 0 Å². The molecule has 2 heterocycles. The first-order chi connectivity index (χ1) is 7.68. The van der Waals surface area contributed by atoms with Crippen molar-refractivity contribution in [2.24, 2.45) is 5.92 Å². The summed E-state index contributed by atoms with van der Waals surface area (Å²) in [7, 11) is 0. The van der Waals surface area contributed by atoms with Crippen LogP contribution in [0.4, 0.5) is 0 Å². The zero-order valence-corrected chi connectivity index (χ0v) is 10.7. The van der Waals surface area contributed by atoms with Crippen LogP contribution in [0.1, 0.15) is 38.3 Å². The summed E-state index contributed by atoms with van der Waals surface area (Å²) < 4.78 is 0. The molecule has 0 spiro atoms. The molecule has 16 heavy (non-hydrogen) atoms. The second-order valence-electron chi connectivity index (χ2n) is 4.93. The highest BCUT2D eigenvalue weighted by molar-refractivity contribution is 6.30. The smallest absolute Gasteiger partial charge is 0.133 e. The van der Waals surface area contributed by atoms with Gasteiger partial charge in [0.1, 0.15) is 5.15 Å². The fourth-order valence-electron chi connectivity index (χ4n) is 2.51. The molecule has 1 fully saturated rings. The minimum Gasteiger partial charge on any atom is -0.296 e. The van der Waals surface area contributed by atoms with Gasteiger partial charge in [-0.3, -0.25) is 4.90 Å². The van der Waals surface area contributed by atoms with E-state index in [1.54, 1.807) is 6.20 Å². The Kier molecular flexibility index (Phi) is 3.82. The molecule has 3 heteroatoms. The van der Waals surface area contributed by atoms with Gasteiger partial charge in [-0.05, 0) is 31.4 Å². The predicted octanol–water partition coefficient (Wildman–Crippen LogP) is 3.53. The summed E-state index contributed by atoms with van der Waals surface area (Å²) in [6.07, 6.45) is 4.23. The van der Waals surface area contributed by atoms with Gasteiger partial charge in [0.25, 0.3) is 0 Å². The molecule has 0 N–H and O–H groups in total. The van der Waals surface area contributed by atoms with Crippen molar-refractivity contribution < 1.29 is 0 Å². The Morgan fingerprint density at radius 3 is 3.06 bits per heavy atom. The maximum absolute atomic E-state index is 6.17. The molecule has 0 bridgehead atoms. The van der Waals surface area contributed by atoms with E-state index in [1.165, 1.54) is 24.9 Å². The highest BCUT2D eigenvalue weighted by atomic mass is 35.5. The molecule has 1 aromatic heterocycles. The van der Waals surface area contributed by atoms with Crippen LogP contribution in [0.15, 0.2) is 18.3 Å². The van der Waals surface area contributed by atoms with Gasteiger partial charge in [0.05, 0.1) is 0 Å². The summed E-state index contributed by atoms with van der Waals surface area (Å²) in [6, 6.07) is 4.56. The quantitative estimate of drug-likeness (QED) is 0.749. The van der Waals surface area contributed by atoms with E-state index in [4.69, 9.17) is 11.6 Å². The van der Waals surface area contributed by atoms with Crippen molar-refractivity contribution in [3.8, 4) is 0 Å². The van der Waals surface area contributed by atoms with Gasteiger partial charge in [-0.2, -0.15) is 0 Å². The number of likely N-dealkylation sites (tertiary alicyclic amines) is 1. The molecule has 0 amide bonds. The summed E-state index contributed by atoms with van der Waals surface area (Å²) in [5.41, 5.74) is 1.20. The molecule has 88 valence electrons. The number of hydrogen-bond acceptors (Lipinski definition) is 2. The molecule has 1 aromatic rings. The van der Waals surface area contributed by atoms with Gasteiger partial charge in [-0.25, -0.2) is 4.98 Å². The van der Waals surface area contributed by atoms with Crippen LogP contribution in [0.25, 0.3) is 0 Å². The predicted molar refractivity (Wildman–Crippen MR) is 67.6 cm³/mol. The van der Waals surface area contributed by atoms with E-state index in [9.17, 15) is 0 Å². The van der Waals surface area contributed by atoms with Crippen LogP contribution in [0.5, 0.6) is 0 Å². The van der Waals surface area contributed by atoms with Crippen LogP contribution < -0.4 is 0 Å². The summed E-state index contributed by atoms with van der Waals surface area (Å²) >= 11 is 6.17. The second-order valence-corrected chi connectivity index (χ2v) is 5.29. The van der Waals surface area contributed by atoms with E-state index in [0.717, 1.165) is 6.54 Å². The molecule has 1 aliphatic heterocycles. The molecule has 0 radical (unpaired) electrons. The number of rotatable bonds is 3. The third-order valence-corrected chi connectivity index (χ3v) is 3.43. The van der Waals surface area contributed by atoms with Gasteiger partial charge in [-0.15, -0.1) is 0 Å². The zero-order valence-electron chi connectivity index (χ0n) is 9.99. The van der Waals surface area contributed by atoms with E-state index >= 15 is 0 Å². The van der Waals surface area contributed by atoms with Gasteiger partial charge in [-0.1, -0.05) is 31.5 Å². The topological polar surface area (TPSA) is 16.1 Å². The average Bonchev–Trinajstić information content (AvgIpc) is 2.66. The largest absolute Gasteiger partial charge is 0.296 e. The highest BCUT2D eigenvalue weighted by Crippen LogP contribution is 2.34.